The van der Waals surface area contributed by atoms with Gasteiger partial charge in [-0.3, -0.25) is 9.59 Å². The zero-order chi connectivity index (χ0) is 14.4. The maximum atomic E-state index is 11.4. The van der Waals surface area contributed by atoms with Crippen molar-refractivity contribution in [1.82, 2.24) is 4.90 Å². The molecule has 0 aliphatic heterocycles. The minimum Gasteiger partial charge on any atom is -0.493 e. The fraction of sp³-hybridized carbons (Fsp3) is 0.429. The van der Waals surface area contributed by atoms with E-state index < -0.39 is 0 Å². The molecule has 19 heavy (non-hydrogen) atoms. The second kappa shape index (κ2) is 7.14. The number of halogens is 1. The molecule has 0 saturated heterocycles. The predicted octanol–water partition coefficient (Wildman–Crippen LogP) is 2.79. The molecule has 0 unspecified atom stereocenters. The Kier molecular flexibility index (Phi) is 5.83. The molecule has 0 heterocycles. The number of ketones is 1. The maximum Gasteiger partial charge on any atom is 0.222 e. The third-order valence-corrected chi connectivity index (χ3v) is 2.85. The van der Waals surface area contributed by atoms with Gasteiger partial charge in [0.05, 0.1) is 12.2 Å². The highest BCUT2D eigenvalue weighted by Crippen LogP contribution is 2.23. The summed E-state index contributed by atoms with van der Waals surface area (Å²) in [6, 6.07) is 4.94. The Bertz CT molecular complexity index is 472. The molecule has 0 aromatic heterocycles. The van der Waals surface area contributed by atoms with Gasteiger partial charge in [0.2, 0.25) is 5.91 Å². The third kappa shape index (κ3) is 4.91. The topological polar surface area (TPSA) is 46.6 Å². The van der Waals surface area contributed by atoms with E-state index in [4.69, 9.17) is 16.3 Å². The van der Waals surface area contributed by atoms with Crippen LogP contribution in [0.1, 0.15) is 30.1 Å². The van der Waals surface area contributed by atoms with E-state index >= 15 is 0 Å². The van der Waals surface area contributed by atoms with Crippen LogP contribution in [0, 0.1) is 0 Å². The summed E-state index contributed by atoms with van der Waals surface area (Å²) in [7, 11) is 3.44. The normalized spacial score (nSPS) is 10.1. The molecule has 0 aliphatic rings. The molecule has 5 heteroatoms. The van der Waals surface area contributed by atoms with E-state index in [1.165, 1.54) is 6.92 Å². The summed E-state index contributed by atoms with van der Waals surface area (Å²) in [5.41, 5.74) is 0.464. The first kappa shape index (κ1) is 15.5. The number of nitrogens with zero attached hydrogens (tertiary/aromatic N) is 1. The Morgan fingerprint density at radius 2 is 2.00 bits per heavy atom. The highest BCUT2D eigenvalue weighted by atomic mass is 35.5. The largest absolute Gasteiger partial charge is 0.493 e. The maximum absolute atomic E-state index is 11.4. The van der Waals surface area contributed by atoms with Gasteiger partial charge in [0.25, 0.3) is 0 Å². The molecule has 1 aromatic carbocycles. The summed E-state index contributed by atoms with van der Waals surface area (Å²) < 4.78 is 5.53. The molecule has 1 amide bonds. The first-order chi connectivity index (χ1) is 8.91. The van der Waals surface area contributed by atoms with Gasteiger partial charge in [-0.2, -0.15) is 0 Å². The number of amides is 1. The van der Waals surface area contributed by atoms with Crippen LogP contribution in [0.4, 0.5) is 0 Å². The van der Waals surface area contributed by atoms with Crippen LogP contribution in [-0.2, 0) is 4.79 Å². The average Bonchev–Trinajstić information content (AvgIpc) is 2.35. The Morgan fingerprint density at radius 1 is 1.32 bits per heavy atom. The molecule has 104 valence electrons. The summed E-state index contributed by atoms with van der Waals surface area (Å²) in [6.07, 6.45) is 1.03. The summed E-state index contributed by atoms with van der Waals surface area (Å²) in [6.45, 7) is 1.86. The Morgan fingerprint density at radius 3 is 2.58 bits per heavy atom. The van der Waals surface area contributed by atoms with Crippen molar-refractivity contribution in [3.05, 3.63) is 28.8 Å². The van der Waals surface area contributed by atoms with Crippen LogP contribution >= 0.6 is 11.6 Å². The van der Waals surface area contributed by atoms with Crippen LogP contribution < -0.4 is 4.74 Å². The lowest BCUT2D eigenvalue weighted by Gasteiger charge is -2.12. The van der Waals surface area contributed by atoms with E-state index in [-0.39, 0.29) is 11.7 Å². The van der Waals surface area contributed by atoms with Crippen molar-refractivity contribution in [3.8, 4) is 5.75 Å². The number of hydrogen-bond donors (Lipinski definition) is 0. The van der Waals surface area contributed by atoms with Crippen LogP contribution in [0.2, 0.25) is 5.02 Å². The fourth-order valence-corrected chi connectivity index (χ4v) is 1.70. The van der Waals surface area contributed by atoms with E-state index in [1.54, 1.807) is 37.2 Å². The number of carbonyl (C=O) groups excluding carboxylic acids is 2. The second-order valence-corrected chi connectivity index (χ2v) is 4.87. The van der Waals surface area contributed by atoms with Crippen LogP contribution in [0.5, 0.6) is 5.75 Å². The van der Waals surface area contributed by atoms with Crippen molar-refractivity contribution in [2.24, 2.45) is 0 Å². The van der Waals surface area contributed by atoms with Gasteiger partial charge in [-0.25, -0.2) is 0 Å². The number of hydrogen-bond acceptors (Lipinski definition) is 3. The molecule has 0 fully saturated rings. The van der Waals surface area contributed by atoms with Gasteiger partial charge in [-0.1, -0.05) is 11.6 Å². The standard InChI is InChI=1S/C14H18ClNO3/c1-10(17)12-9-11(15)6-7-13(12)19-8-4-5-14(18)16(2)3/h6-7,9H,4-5,8H2,1-3H3. The molecule has 0 spiro atoms. The molecule has 0 atom stereocenters. The van der Waals surface area contributed by atoms with Crippen LogP contribution in [0.25, 0.3) is 0 Å². The van der Waals surface area contributed by atoms with Crippen molar-refractivity contribution in [2.45, 2.75) is 19.8 Å². The lowest BCUT2D eigenvalue weighted by molar-refractivity contribution is -0.128. The van der Waals surface area contributed by atoms with Gasteiger partial charge in [-0.05, 0) is 31.5 Å². The van der Waals surface area contributed by atoms with Gasteiger partial charge < -0.3 is 9.64 Å². The van der Waals surface area contributed by atoms with Crippen molar-refractivity contribution in [1.29, 1.82) is 0 Å². The zero-order valence-electron chi connectivity index (χ0n) is 11.4. The molecule has 1 rings (SSSR count). The summed E-state index contributed by atoms with van der Waals surface area (Å²) in [5, 5.41) is 0.500. The SMILES string of the molecule is CC(=O)c1cc(Cl)ccc1OCCCC(=O)N(C)C. The quantitative estimate of drug-likeness (QED) is 0.596. The molecule has 1 aromatic rings. The Hall–Kier alpha value is -1.55. The minimum atomic E-state index is -0.0955. The van der Waals surface area contributed by atoms with Gasteiger partial charge >= 0.3 is 0 Å². The van der Waals surface area contributed by atoms with Crippen LogP contribution in [0.15, 0.2) is 18.2 Å². The van der Waals surface area contributed by atoms with Crippen molar-refractivity contribution in [2.75, 3.05) is 20.7 Å². The lowest BCUT2D eigenvalue weighted by atomic mass is 10.1. The van der Waals surface area contributed by atoms with Gasteiger partial charge in [0.15, 0.2) is 5.78 Å². The van der Waals surface area contributed by atoms with Gasteiger partial charge in [-0.15, -0.1) is 0 Å². The number of Topliss-reactive ketones (excluding diaryl/α,β-unsaturated/α-hetero) is 1. The van der Waals surface area contributed by atoms with Crippen molar-refractivity contribution >= 4 is 23.3 Å². The molecule has 0 radical (unpaired) electrons. The van der Waals surface area contributed by atoms with E-state index in [2.05, 4.69) is 0 Å². The molecule has 0 bridgehead atoms. The number of carbonyl (C=O) groups is 2. The highest BCUT2D eigenvalue weighted by Gasteiger charge is 2.10. The van der Waals surface area contributed by atoms with Crippen molar-refractivity contribution < 1.29 is 14.3 Å². The minimum absolute atomic E-state index is 0.0616. The summed E-state index contributed by atoms with van der Waals surface area (Å²) in [5.74, 6) is 0.475. The molecule has 0 N–H and O–H groups in total. The van der Waals surface area contributed by atoms with E-state index in [0.717, 1.165) is 0 Å². The molecule has 4 nitrogen and oxygen atoms in total. The lowest BCUT2D eigenvalue weighted by Crippen LogP contribution is -2.21. The van der Waals surface area contributed by atoms with Gasteiger partial charge in [0, 0.05) is 25.5 Å². The summed E-state index contributed by atoms with van der Waals surface area (Å²) in [4.78, 5) is 24.4. The molecule has 0 aliphatic carbocycles. The van der Waals surface area contributed by atoms with E-state index in [1.807, 2.05) is 0 Å². The zero-order valence-corrected chi connectivity index (χ0v) is 12.2. The Labute approximate surface area is 118 Å². The van der Waals surface area contributed by atoms with Crippen LogP contribution in [-0.4, -0.2) is 37.3 Å². The van der Waals surface area contributed by atoms with E-state index in [9.17, 15) is 9.59 Å². The smallest absolute Gasteiger partial charge is 0.222 e. The molecule has 0 saturated carbocycles. The number of rotatable bonds is 6. The average molecular weight is 284 g/mol. The molecular formula is C14H18ClNO3. The Balaban J connectivity index is 2.54. The van der Waals surface area contributed by atoms with Crippen LogP contribution in [0.3, 0.4) is 0 Å². The number of benzene rings is 1. The van der Waals surface area contributed by atoms with E-state index in [0.29, 0.717) is 35.8 Å². The third-order valence-electron chi connectivity index (χ3n) is 2.61. The predicted molar refractivity (Wildman–Crippen MR) is 74.9 cm³/mol. The monoisotopic (exact) mass is 283 g/mol. The second-order valence-electron chi connectivity index (χ2n) is 4.44. The first-order valence-corrected chi connectivity index (χ1v) is 6.43. The van der Waals surface area contributed by atoms with Gasteiger partial charge in [0.1, 0.15) is 5.75 Å². The number of ether oxygens (including phenoxy) is 1. The highest BCUT2D eigenvalue weighted by molar-refractivity contribution is 6.31. The summed E-state index contributed by atoms with van der Waals surface area (Å²) >= 11 is 5.84. The molecular weight excluding hydrogens is 266 g/mol. The first-order valence-electron chi connectivity index (χ1n) is 6.05. The van der Waals surface area contributed by atoms with Crippen molar-refractivity contribution in [3.63, 3.8) is 0 Å². The fourth-order valence-electron chi connectivity index (χ4n) is 1.53.